The molecule has 0 fully saturated rings. The molecule has 160 valence electrons. The Bertz CT molecular complexity index is 1250. The summed E-state index contributed by atoms with van der Waals surface area (Å²) in [5.74, 6) is 3.08. The van der Waals surface area contributed by atoms with Crippen molar-refractivity contribution in [2.45, 2.75) is 19.8 Å². The largest absolute Gasteiger partial charge is 0.497 e. The Morgan fingerprint density at radius 1 is 0.871 bits per heavy atom. The van der Waals surface area contributed by atoms with Crippen LogP contribution in [0.15, 0.2) is 42.6 Å². The number of aromatic nitrogens is 2. The van der Waals surface area contributed by atoms with Crippen LogP contribution in [0.5, 0.6) is 17.2 Å². The predicted octanol–water partition coefficient (Wildman–Crippen LogP) is 5.00. The van der Waals surface area contributed by atoms with Crippen molar-refractivity contribution in [1.29, 1.82) is 0 Å². The number of hydrogen-bond donors (Lipinski definition) is 1. The van der Waals surface area contributed by atoms with Crippen LogP contribution in [0.25, 0.3) is 21.7 Å². The van der Waals surface area contributed by atoms with E-state index in [1.807, 2.05) is 43.6 Å². The van der Waals surface area contributed by atoms with E-state index in [1.54, 1.807) is 21.3 Å². The second-order valence-electron chi connectivity index (χ2n) is 7.32. The number of nitrogens with zero attached hydrogens (tertiary/aromatic N) is 2. The van der Waals surface area contributed by atoms with Gasteiger partial charge in [0.25, 0.3) is 0 Å². The molecule has 0 unspecified atom stereocenters. The summed E-state index contributed by atoms with van der Waals surface area (Å²) < 4.78 is 16.5. The molecule has 0 saturated carbocycles. The number of methoxy groups -OCH3 is 3. The van der Waals surface area contributed by atoms with Gasteiger partial charge < -0.3 is 19.5 Å². The number of benzene rings is 2. The van der Waals surface area contributed by atoms with Crippen LogP contribution in [-0.4, -0.2) is 38.3 Å². The SMILES string of the molecule is CCc1ncc(Cc2cc3cc(OC)ccc3nc2NC)c2cc(OC)c(OC)cc12. The van der Waals surface area contributed by atoms with Crippen molar-refractivity contribution in [3.8, 4) is 17.2 Å². The Morgan fingerprint density at radius 3 is 2.26 bits per heavy atom. The molecule has 0 amide bonds. The van der Waals surface area contributed by atoms with Gasteiger partial charge in [-0.15, -0.1) is 0 Å². The van der Waals surface area contributed by atoms with Gasteiger partial charge in [-0.25, -0.2) is 4.98 Å². The molecule has 0 radical (unpaired) electrons. The standard InChI is InChI=1S/C25H27N3O3/c1-6-21-20-13-24(31-5)23(30-4)12-19(20)17(14-27-21)10-16-9-15-11-18(29-3)7-8-22(15)28-25(16)26-2/h7-9,11-14H,6,10H2,1-5H3,(H,26,28). The molecule has 0 atom stereocenters. The quantitative estimate of drug-likeness (QED) is 0.456. The number of rotatable bonds is 7. The molecule has 31 heavy (non-hydrogen) atoms. The Morgan fingerprint density at radius 2 is 1.61 bits per heavy atom. The van der Waals surface area contributed by atoms with Crippen LogP contribution < -0.4 is 19.5 Å². The number of hydrogen-bond acceptors (Lipinski definition) is 6. The molecular formula is C25H27N3O3. The van der Waals surface area contributed by atoms with Gasteiger partial charge in [-0.3, -0.25) is 4.98 Å². The average molecular weight is 418 g/mol. The van der Waals surface area contributed by atoms with Crippen molar-refractivity contribution in [2.24, 2.45) is 0 Å². The van der Waals surface area contributed by atoms with E-state index in [9.17, 15) is 0 Å². The fourth-order valence-corrected chi connectivity index (χ4v) is 3.98. The van der Waals surface area contributed by atoms with E-state index in [-0.39, 0.29) is 0 Å². The molecule has 2 heterocycles. The summed E-state index contributed by atoms with van der Waals surface area (Å²) in [5, 5.41) is 6.47. The minimum absolute atomic E-state index is 0.680. The number of anilines is 1. The highest BCUT2D eigenvalue weighted by Gasteiger charge is 2.15. The summed E-state index contributed by atoms with van der Waals surface area (Å²) in [6.45, 7) is 2.11. The highest BCUT2D eigenvalue weighted by molar-refractivity contribution is 5.91. The van der Waals surface area contributed by atoms with E-state index in [0.717, 1.165) is 56.5 Å². The molecule has 0 saturated heterocycles. The first kappa shape index (κ1) is 20.7. The van der Waals surface area contributed by atoms with Crippen molar-refractivity contribution in [3.63, 3.8) is 0 Å². The lowest BCUT2D eigenvalue weighted by Gasteiger charge is -2.16. The van der Waals surface area contributed by atoms with E-state index in [1.165, 1.54) is 0 Å². The maximum absolute atomic E-state index is 5.57. The van der Waals surface area contributed by atoms with Gasteiger partial charge in [0.2, 0.25) is 0 Å². The first-order valence-electron chi connectivity index (χ1n) is 10.3. The molecule has 0 aliphatic rings. The normalized spacial score (nSPS) is 11.0. The zero-order chi connectivity index (χ0) is 22.0. The number of nitrogens with one attached hydrogen (secondary N) is 1. The molecule has 4 aromatic rings. The summed E-state index contributed by atoms with van der Waals surface area (Å²) in [6.07, 6.45) is 3.48. The molecular weight excluding hydrogens is 390 g/mol. The van der Waals surface area contributed by atoms with Gasteiger partial charge in [-0.2, -0.15) is 0 Å². The summed E-state index contributed by atoms with van der Waals surface area (Å²) in [7, 11) is 6.88. The average Bonchev–Trinajstić information content (AvgIpc) is 2.82. The minimum atomic E-state index is 0.680. The van der Waals surface area contributed by atoms with E-state index in [2.05, 4.69) is 18.3 Å². The molecule has 0 aliphatic heterocycles. The second-order valence-corrected chi connectivity index (χ2v) is 7.32. The van der Waals surface area contributed by atoms with Gasteiger partial charge in [0, 0.05) is 36.1 Å². The summed E-state index contributed by atoms with van der Waals surface area (Å²) >= 11 is 0. The van der Waals surface area contributed by atoms with Crippen LogP contribution in [0, 0.1) is 0 Å². The van der Waals surface area contributed by atoms with Gasteiger partial charge in [0.05, 0.1) is 26.8 Å². The van der Waals surface area contributed by atoms with Crippen LogP contribution in [-0.2, 0) is 12.8 Å². The van der Waals surface area contributed by atoms with Crippen molar-refractivity contribution in [2.75, 3.05) is 33.7 Å². The lowest BCUT2D eigenvalue weighted by atomic mass is 9.97. The zero-order valence-electron chi connectivity index (χ0n) is 18.6. The first-order chi connectivity index (χ1) is 15.1. The Hall–Kier alpha value is -3.54. The lowest BCUT2D eigenvalue weighted by Crippen LogP contribution is -2.03. The fraction of sp³-hybridized carbons (Fsp3) is 0.280. The van der Waals surface area contributed by atoms with Gasteiger partial charge in [-0.05, 0) is 59.3 Å². The van der Waals surface area contributed by atoms with Crippen molar-refractivity contribution >= 4 is 27.5 Å². The van der Waals surface area contributed by atoms with Crippen LogP contribution in [0.1, 0.15) is 23.7 Å². The van der Waals surface area contributed by atoms with Gasteiger partial charge in [0.15, 0.2) is 11.5 Å². The molecule has 0 spiro atoms. The van der Waals surface area contributed by atoms with E-state index in [0.29, 0.717) is 17.9 Å². The molecule has 2 aromatic heterocycles. The monoisotopic (exact) mass is 417 g/mol. The van der Waals surface area contributed by atoms with E-state index in [4.69, 9.17) is 24.2 Å². The minimum Gasteiger partial charge on any atom is -0.497 e. The lowest BCUT2D eigenvalue weighted by molar-refractivity contribution is 0.356. The van der Waals surface area contributed by atoms with Crippen LogP contribution in [0.3, 0.4) is 0 Å². The molecule has 0 bridgehead atoms. The van der Waals surface area contributed by atoms with Gasteiger partial charge in [-0.1, -0.05) is 6.92 Å². The number of fused-ring (bicyclic) bond motifs is 2. The summed E-state index contributed by atoms with van der Waals surface area (Å²) in [4.78, 5) is 9.55. The smallest absolute Gasteiger partial charge is 0.161 e. The number of aryl methyl sites for hydroxylation is 1. The maximum Gasteiger partial charge on any atom is 0.161 e. The van der Waals surface area contributed by atoms with Gasteiger partial charge in [0.1, 0.15) is 11.6 Å². The highest BCUT2D eigenvalue weighted by Crippen LogP contribution is 2.36. The molecule has 0 aliphatic carbocycles. The maximum atomic E-state index is 5.57. The highest BCUT2D eigenvalue weighted by atomic mass is 16.5. The molecule has 2 aromatic carbocycles. The van der Waals surface area contributed by atoms with Crippen molar-refractivity contribution < 1.29 is 14.2 Å². The number of pyridine rings is 2. The summed E-state index contributed by atoms with van der Waals surface area (Å²) in [5.41, 5.74) is 4.15. The Kier molecular flexibility index (Phi) is 5.80. The molecule has 6 nitrogen and oxygen atoms in total. The topological polar surface area (TPSA) is 65.5 Å². The van der Waals surface area contributed by atoms with Crippen molar-refractivity contribution in [1.82, 2.24) is 9.97 Å². The fourth-order valence-electron chi connectivity index (χ4n) is 3.98. The molecule has 4 rings (SSSR count). The van der Waals surface area contributed by atoms with Crippen LogP contribution in [0.4, 0.5) is 5.82 Å². The molecule has 1 N–H and O–H groups in total. The Balaban J connectivity index is 1.88. The second kappa shape index (κ2) is 8.68. The van der Waals surface area contributed by atoms with Crippen LogP contribution in [0.2, 0.25) is 0 Å². The zero-order valence-corrected chi connectivity index (χ0v) is 18.6. The molecule has 6 heteroatoms. The predicted molar refractivity (Wildman–Crippen MR) is 125 cm³/mol. The third kappa shape index (κ3) is 3.81. The van der Waals surface area contributed by atoms with Gasteiger partial charge >= 0.3 is 0 Å². The first-order valence-corrected chi connectivity index (χ1v) is 10.3. The van der Waals surface area contributed by atoms with E-state index < -0.39 is 0 Å². The van der Waals surface area contributed by atoms with Crippen LogP contribution >= 0.6 is 0 Å². The third-order valence-corrected chi connectivity index (χ3v) is 5.61. The van der Waals surface area contributed by atoms with E-state index >= 15 is 0 Å². The third-order valence-electron chi connectivity index (χ3n) is 5.61. The van der Waals surface area contributed by atoms with Crippen molar-refractivity contribution in [3.05, 3.63) is 59.4 Å². The number of ether oxygens (including phenoxy) is 3. The summed E-state index contributed by atoms with van der Waals surface area (Å²) in [6, 6.07) is 12.1. The Labute approximate surface area is 182 Å².